The summed E-state index contributed by atoms with van der Waals surface area (Å²) in [5, 5.41) is 8.05. The number of Topliss-reactive ketones (excluding diaryl/α,β-unsaturated/α-hetero) is 2. The van der Waals surface area contributed by atoms with Crippen molar-refractivity contribution in [2.24, 2.45) is 23.0 Å². The lowest BCUT2D eigenvalue weighted by molar-refractivity contribution is -0.135. The first-order valence-electron chi connectivity index (χ1n) is 11.9. The van der Waals surface area contributed by atoms with Crippen LogP contribution in [0.3, 0.4) is 0 Å². The average molecular weight is 469 g/mol. The molecule has 9 heteroatoms. The highest BCUT2D eigenvalue weighted by Gasteiger charge is 2.33. The first-order valence-corrected chi connectivity index (χ1v) is 11.9. The standard InChI is InChI=1S/C24H44N4O5/c1-15(2)18(29)12-8-9-13-19(30)28-20(16(3)4)22(32)27-17(21(31)24(5,6)7)11-10-14-26-23(25)33/h15-17,20H,8-14H2,1-7H3,(H,27,32)(H,28,30)(H3,25,26,33)/t17-,20-/m0/s1. The molecule has 9 nitrogen and oxygen atoms in total. The molecular weight excluding hydrogens is 424 g/mol. The molecule has 0 aliphatic heterocycles. The molecule has 0 radical (unpaired) electrons. The molecule has 0 aromatic carbocycles. The topological polar surface area (TPSA) is 147 Å². The molecule has 0 saturated carbocycles. The minimum Gasteiger partial charge on any atom is -0.352 e. The Kier molecular flexibility index (Phi) is 13.6. The molecule has 4 amide bonds. The molecule has 0 saturated heterocycles. The Labute approximate surface area is 198 Å². The molecule has 190 valence electrons. The van der Waals surface area contributed by atoms with Crippen LogP contribution >= 0.6 is 0 Å². The van der Waals surface area contributed by atoms with Crippen LogP contribution < -0.4 is 21.7 Å². The van der Waals surface area contributed by atoms with Gasteiger partial charge < -0.3 is 21.7 Å². The molecule has 0 spiro atoms. The minimum absolute atomic E-state index is 0.0110. The zero-order valence-corrected chi connectivity index (χ0v) is 21.4. The summed E-state index contributed by atoms with van der Waals surface area (Å²) < 4.78 is 0. The number of nitrogens with one attached hydrogen (secondary N) is 3. The van der Waals surface area contributed by atoms with Gasteiger partial charge in [-0.25, -0.2) is 4.79 Å². The van der Waals surface area contributed by atoms with Crippen LogP contribution in [0.4, 0.5) is 4.79 Å². The Bertz CT molecular complexity index is 683. The fraction of sp³-hybridized carbons (Fsp3) is 0.792. The van der Waals surface area contributed by atoms with E-state index >= 15 is 0 Å². The zero-order valence-electron chi connectivity index (χ0n) is 21.4. The number of ketones is 2. The van der Waals surface area contributed by atoms with Crippen LogP contribution in [0, 0.1) is 17.3 Å². The summed E-state index contributed by atoms with van der Waals surface area (Å²) in [4.78, 5) is 60.8. The monoisotopic (exact) mass is 468 g/mol. The van der Waals surface area contributed by atoms with Gasteiger partial charge in [0.1, 0.15) is 11.8 Å². The van der Waals surface area contributed by atoms with Crippen molar-refractivity contribution >= 4 is 29.4 Å². The number of urea groups is 1. The van der Waals surface area contributed by atoms with Gasteiger partial charge in [0.05, 0.1) is 6.04 Å². The first-order chi connectivity index (χ1) is 15.2. The Hall–Kier alpha value is -2.45. The Morgan fingerprint density at radius 1 is 0.848 bits per heavy atom. The molecule has 0 fully saturated rings. The number of rotatable bonds is 15. The third-order valence-electron chi connectivity index (χ3n) is 5.33. The van der Waals surface area contributed by atoms with E-state index in [0.717, 1.165) is 0 Å². The number of amides is 4. The second-order valence-corrected chi connectivity index (χ2v) is 10.2. The van der Waals surface area contributed by atoms with E-state index in [-0.39, 0.29) is 35.7 Å². The Morgan fingerprint density at radius 2 is 1.42 bits per heavy atom. The molecule has 0 aliphatic rings. The molecule has 0 rings (SSSR count). The molecule has 2 atom stereocenters. The van der Waals surface area contributed by atoms with E-state index < -0.39 is 29.4 Å². The first kappa shape index (κ1) is 30.6. The zero-order chi connectivity index (χ0) is 25.8. The van der Waals surface area contributed by atoms with Crippen molar-refractivity contribution in [2.45, 2.75) is 99.1 Å². The highest BCUT2D eigenvalue weighted by Crippen LogP contribution is 2.19. The van der Waals surface area contributed by atoms with Crippen LogP contribution in [0.5, 0.6) is 0 Å². The molecule has 0 aromatic heterocycles. The van der Waals surface area contributed by atoms with Gasteiger partial charge in [-0.2, -0.15) is 0 Å². The fourth-order valence-electron chi connectivity index (χ4n) is 3.22. The Morgan fingerprint density at radius 3 is 1.91 bits per heavy atom. The van der Waals surface area contributed by atoms with Crippen molar-refractivity contribution in [3.05, 3.63) is 0 Å². The number of carbonyl (C=O) groups is 5. The van der Waals surface area contributed by atoms with Crippen LogP contribution in [0.15, 0.2) is 0 Å². The number of nitrogens with two attached hydrogens (primary N) is 1. The molecular formula is C24H44N4O5. The lowest BCUT2D eigenvalue weighted by Gasteiger charge is -2.28. The smallest absolute Gasteiger partial charge is 0.312 e. The van der Waals surface area contributed by atoms with E-state index in [1.165, 1.54) is 0 Å². The quantitative estimate of drug-likeness (QED) is 0.273. The van der Waals surface area contributed by atoms with Gasteiger partial charge >= 0.3 is 6.03 Å². The third kappa shape index (κ3) is 13.0. The predicted molar refractivity (Wildman–Crippen MR) is 128 cm³/mol. The molecule has 0 unspecified atom stereocenters. The summed E-state index contributed by atoms with van der Waals surface area (Å²) in [6.45, 7) is 13.0. The number of hydrogen-bond donors (Lipinski definition) is 4. The molecule has 5 N–H and O–H groups in total. The SMILES string of the molecule is CC(C)C(=O)CCCCC(=O)N[C@H](C(=O)N[C@@H](CCCNC(N)=O)C(=O)C(C)(C)C)C(C)C. The van der Waals surface area contributed by atoms with Crippen LogP contribution in [-0.4, -0.2) is 48.0 Å². The number of carbonyl (C=O) groups excluding carboxylic acids is 5. The number of unbranched alkanes of at least 4 members (excludes halogenated alkanes) is 1. The molecule has 0 bridgehead atoms. The van der Waals surface area contributed by atoms with Crippen molar-refractivity contribution in [3.63, 3.8) is 0 Å². The molecule has 33 heavy (non-hydrogen) atoms. The van der Waals surface area contributed by atoms with Crippen molar-refractivity contribution in [3.8, 4) is 0 Å². The van der Waals surface area contributed by atoms with Crippen molar-refractivity contribution < 1.29 is 24.0 Å². The van der Waals surface area contributed by atoms with Crippen molar-refractivity contribution in [1.82, 2.24) is 16.0 Å². The fourth-order valence-corrected chi connectivity index (χ4v) is 3.22. The maximum absolute atomic E-state index is 13.0. The van der Waals surface area contributed by atoms with Crippen LogP contribution in [0.1, 0.15) is 87.0 Å². The van der Waals surface area contributed by atoms with E-state index in [2.05, 4.69) is 16.0 Å². The average Bonchev–Trinajstić information content (AvgIpc) is 2.69. The van der Waals surface area contributed by atoms with E-state index in [1.807, 2.05) is 27.7 Å². The maximum atomic E-state index is 13.0. The highest BCUT2D eigenvalue weighted by atomic mass is 16.2. The van der Waals surface area contributed by atoms with Crippen LogP contribution in [0.25, 0.3) is 0 Å². The lowest BCUT2D eigenvalue weighted by Crippen LogP contribution is -2.55. The predicted octanol–water partition coefficient (Wildman–Crippen LogP) is 2.46. The van der Waals surface area contributed by atoms with E-state index in [4.69, 9.17) is 5.73 Å². The van der Waals surface area contributed by atoms with E-state index in [0.29, 0.717) is 38.6 Å². The minimum atomic E-state index is -0.784. The van der Waals surface area contributed by atoms with Gasteiger partial charge in [-0.1, -0.05) is 48.5 Å². The summed E-state index contributed by atoms with van der Waals surface area (Å²) >= 11 is 0. The van der Waals surface area contributed by atoms with Gasteiger partial charge in [0.25, 0.3) is 0 Å². The summed E-state index contributed by atoms with van der Waals surface area (Å²) in [7, 11) is 0. The Balaban J connectivity index is 4.99. The van der Waals surface area contributed by atoms with Crippen LogP contribution in [0.2, 0.25) is 0 Å². The second-order valence-electron chi connectivity index (χ2n) is 10.2. The largest absolute Gasteiger partial charge is 0.352 e. The summed E-state index contributed by atoms with van der Waals surface area (Å²) in [6.07, 6.45) is 2.67. The van der Waals surface area contributed by atoms with E-state index in [9.17, 15) is 24.0 Å². The maximum Gasteiger partial charge on any atom is 0.312 e. The molecule has 0 aromatic rings. The van der Waals surface area contributed by atoms with Crippen LogP contribution in [-0.2, 0) is 19.2 Å². The lowest BCUT2D eigenvalue weighted by atomic mass is 9.84. The molecule has 0 aliphatic carbocycles. The normalized spacial score (nSPS) is 13.4. The van der Waals surface area contributed by atoms with Gasteiger partial charge in [0.15, 0.2) is 5.78 Å². The summed E-state index contributed by atoms with van der Waals surface area (Å²) in [6, 6.07) is -2.17. The van der Waals surface area contributed by atoms with Gasteiger partial charge in [0.2, 0.25) is 11.8 Å². The van der Waals surface area contributed by atoms with Gasteiger partial charge in [-0.3, -0.25) is 19.2 Å². The van der Waals surface area contributed by atoms with Gasteiger partial charge in [0, 0.05) is 30.7 Å². The summed E-state index contributed by atoms with van der Waals surface area (Å²) in [5.41, 5.74) is 4.40. The van der Waals surface area contributed by atoms with Gasteiger partial charge in [-0.15, -0.1) is 0 Å². The molecule has 0 heterocycles. The van der Waals surface area contributed by atoms with Gasteiger partial charge in [-0.05, 0) is 31.6 Å². The second kappa shape index (κ2) is 14.6. The van der Waals surface area contributed by atoms with Crippen molar-refractivity contribution in [2.75, 3.05) is 6.54 Å². The third-order valence-corrected chi connectivity index (χ3v) is 5.33. The number of primary amides is 1. The summed E-state index contributed by atoms with van der Waals surface area (Å²) in [5.74, 6) is -0.820. The number of hydrogen-bond acceptors (Lipinski definition) is 5. The van der Waals surface area contributed by atoms with Crippen molar-refractivity contribution in [1.29, 1.82) is 0 Å². The van der Waals surface area contributed by atoms with E-state index in [1.54, 1.807) is 20.8 Å². The highest BCUT2D eigenvalue weighted by molar-refractivity contribution is 5.95.